The van der Waals surface area contributed by atoms with Gasteiger partial charge in [-0.2, -0.15) is 11.8 Å². The van der Waals surface area contributed by atoms with Crippen LogP contribution in [-0.4, -0.2) is 18.1 Å². The Labute approximate surface area is 98.6 Å². The quantitative estimate of drug-likeness (QED) is 0.872. The molecule has 1 saturated heterocycles. The van der Waals surface area contributed by atoms with Gasteiger partial charge in [-0.05, 0) is 42.4 Å². The highest BCUT2D eigenvalue weighted by molar-refractivity contribution is 7.99. The van der Waals surface area contributed by atoms with E-state index in [9.17, 15) is 8.78 Å². The Morgan fingerprint density at radius 1 is 1.44 bits per heavy atom. The van der Waals surface area contributed by atoms with Crippen LogP contribution in [0.4, 0.5) is 14.5 Å². The molecule has 16 heavy (non-hydrogen) atoms. The highest BCUT2D eigenvalue weighted by Gasteiger charge is 2.17. The zero-order chi connectivity index (χ0) is 11.5. The number of nitrogens with one attached hydrogen (secondary N) is 1. The second kappa shape index (κ2) is 5.04. The Kier molecular flexibility index (Phi) is 3.69. The Morgan fingerprint density at radius 2 is 2.25 bits per heavy atom. The average molecular weight is 243 g/mol. The molecule has 1 heterocycles. The second-order valence-electron chi connectivity index (χ2n) is 4.16. The van der Waals surface area contributed by atoms with Gasteiger partial charge in [-0.15, -0.1) is 0 Å². The molecule has 0 spiro atoms. The van der Waals surface area contributed by atoms with E-state index in [2.05, 4.69) is 5.32 Å². The van der Waals surface area contributed by atoms with Gasteiger partial charge >= 0.3 is 0 Å². The van der Waals surface area contributed by atoms with Crippen molar-refractivity contribution in [1.82, 2.24) is 0 Å². The topological polar surface area (TPSA) is 12.0 Å². The number of hydrogen-bond donors (Lipinski definition) is 1. The fourth-order valence-electron chi connectivity index (χ4n) is 1.81. The molecule has 1 N–H and O–H groups in total. The third-order valence-corrected chi connectivity index (χ3v) is 4.11. The maximum absolute atomic E-state index is 13.6. The molecule has 0 aliphatic carbocycles. The SMILES string of the molecule is Cc1ccc(F)c(NCC2CCSC2)c1F. The van der Waals surface area contributed by atoms with Crippen LogP contribution in [0.3, 0.4) is 0 Å². The van der Waals surface area contributed by atoms with E-state index in [-0.39, 0.29) is 5.69 Å². The van der Waals surface area contributed by atoms with Gasteiger partial charge in [0.25, 0.3) is 0 Å². The lowest BCUT2D eigenvalue weighted by atomic mass is 10.1. The summed E-state index contributed by atoms with van der Waals surface area (Å²) in [5.41, 5.74) is 0.501. The zero-order valence-corrected chi connectivity index (χ0v) is 10.0. The molecule has 0 amide bonds. The summed E-state index contributed by atoms with van der Waals surface area (Å²) in [6, 6.07) is 2.77. The summed E-state index contributed by atoms with van der Waals surface area (Å²) >= 11 is 1.90. The van der Waals surface area contributed by atoms with E-state index in [0.717, 1.165) is 17.9 Å². The van der Waals surface area contributed by atoms with E-state index in [1.54, 1.807) is 6.92 Å². The summed E-state index contributed by atoms with van der Waals surface area (Å²) in [5, 5.41) is 2.90. The monoisotopic (exact) mass is 243 g/mol. The number of thioether (sulfide) groups is 1. The molecular weight excluding hydrogens is 228 g/mol. The molecule has 1 aliphatic heterocycles. The molecule has 0 aromatic heterocycles. The number of benzene rings is 1. The molecule has 1 unspecified atom stereocenters. The van der Waals surface area contributed by atoms with Crippen molar-refractivity contribution in [2.45, 2.75) is 13.3 Å². The summed E-state index contributed by atoms with van der Waals surface area (Å²) in [7, 11) is 0. The first-order valence-corrected chi connectivity index (χ1v) is 6.60. The first kappa shape index (κ1) is 11.7. The van der Waals surface area contributed by atoms with Crippen molar-refractivity contribution in [2.24, 2.45) is 5.92 Å². The van der Waals surface area contributed by atoms with Crippen molar-refractivity contribution in [3.05, 3.63) is 29.3 Å². The number of rotatable bonds is 3. The standard InChI is InChI=1S/C12H15F2NS/c1-8-2-3-10(13)12(11(8)14)15-6-9-4-5-16-7-9/h2-3,9,15H,4-7H2,1H3. The third-order valence-electron chi connectivity index (χ3n) is 2.88. The Bertz CT molecular complexity index is 376. The molecule has 4 heteroatoms. The molecule has 1 nitrogen and oxygen atoms in total. The summed E-state index contributed by atoms with van der Waals surface area (Å²) in [6.07, 6.45) is 1.13. The maximum Gasteiger partial charge on any atom is 0.152 e. The lowest BCUT2D eigenvalue weighted by molar-refractivity contribution is 0.572. The van der Waals surface area contributed by atoms with Crippen LogP contribution in [0, 0.1) is 24.5 Å². The Balaban J connectivity index is 2.05. The van der Waals surface area contributed by atoms with Crippen LogP contribution in [0.15, 0.2) is 12.1 Å². The fourth-order valence-corrected chi connectivity index (χ4v) is 3.09. The minimum Gasteiger partial charge on any atom is -0.380 e. The second-order valence-corrected chi connectivity index (χ2v) is 5.31. The molecule has 0 bridgehead atoms. The van der Waals surface area contributed by atoms with Gasteiger partial charge in [0.1, 0.15) is 11.5 Å². The van der Waals surface area contributed by atoms with Crippen LogP contribution in [0.1, 0.15) is 12.0 Å². The van der Waals surface area contributed by atoms with Crippen LogP contribution in [0.5, 0.6) is 0 Å². The highest BCUT2D eigenvalue weighted by atomic mass is 32.2. The van der Waals surface area contributed by atoms with Crippen LogP contribution in [0.25, 0.3) is 0 Å². The van der Waals surface area contributed by atoms with Gasteiger partial charge in [0.05, 0.1) is 0 Å². The lowest BCUT2D eigenvalue weighted by Crippen LogP contribution is -2.15. The molecular formula is C12H15F2NS. The van der Waals surface area contributed by atoms with Gasteiger partial charge < -0.3 is 5.32 Å². The van der Waals surface area contributed by atoms with Crippen molar-refractivity contribution >= 4 is 17.4 Å². The molecule has 1 aromatic carbocycles. The van der Waals surface area contributed by atoms with Gasteiger partial charge in [0, 0.05) is 6.54 Å². The van der Waals surface area contributed by atoms with E-state index >= 15 is 0 Å². The smallest absolute Gasteiger partial charge is 0.152 e. The van der Waals surface area contributed by atoms with Gasteiger partial charge in [-0.3, -0.25) is 0 Å². The summed E-state index contributed by atoms with van der Waals surface area (Å²) in [4.78, 5) is 0. The van der Waals surface area contributed by atoms with Crippen molar-refractivity contribution in [3.63, 3.8) is 0 Å². The fraction of sp³-hybridized carbons (Fsp3) is 0.500. The summed E-state index contributed by atoms with van der Waals surface area (Å²) < 4.78 is 27.0. The van der Waals surface area contributed by atoms with Gasteiger partial charge in [-0.1, -0.05) is 6.07 Å². The summed E-state index contributed by atoms with van der Waals surface area (Å²) in [5.74, 6) is 1.80. The normalized spacial score (nSPS) is 20.1. The predicted octanol–water partition coefficient (Wildman–Crippen LogP) is 3.44. The van der Waals surface area contributed by atoms with Gasteiger partial charge in [0.2, 0.25) is 0 Å². The average Bonchev–Trinajstić information content (AvgIpc) is 2.77. The van der Waals surface area contributed by atoms with E-state index in [0.29, 0.717) is 18.0 Å². The molecule has 1 aromatic rings. The maximum atomic E-state index is 13.6. The van der Waals surface area contributed by atoms with Crippen LogP contribution in [-0.2, 0) is 0 Å². The van der Waals surface area contributed by atoms with Crippen LogP contribution >= 0.6 is 11.8 Å². The minimum absolute atomic E-state index is 0.0249. The van der Waals surface area contributed by atoms with E-state index in [4.69, 9.17) is 0 Å². The molecule has 1 fully saturated rings. The number of anilines is 1. The minimum atomic E-state index is -0.506. The molecule has 1 aliphatic rings. The molecule has 0 radical (unpaired) electrons. The lowest BCUT2D eigenvalue weighted by Gasteiger charge is -2.13. The predicted molar refractivity (Wildman–Crippen MR) is 65.0 cm³/mol. The van der Waals surface area contributed by atoms with Crippen LogP contribution < -0.4 is 5.32 Å². The van der Waals surface area contributed by atoms with Gasteiger partial charge in [-0.25, -0.2) is 8.78 Å². The van der Waals surface area contributed by atoms with Crippen LogP contribution in [0.2, 0.25) is 0 Å². The highest BCUT2D eigenvalue weighted by Crippen LogP contribution is 2.26. The first-order chi connectivity index (χ1) is 7.68. The number of halogens is 2. The summed E-state index contributed by atoms with van der Waals surface area (Å²) in [6.45, 7) is 2.30. The molecule has 88 valence electrons. The Hall–Kier alpha value is -0.770. The van der Waals surface area contributed by atoms with E-state index < -0.39 is 11.6 Å². The van der Waals surface area contributed by atoms with Gasteiger partial charge in [0.15, 0.2) is 5.82 Å². The van der Waals surface area contributed by atoms with E-state index in [1.165, 1.54) is 12.1 Å². The Morgan fingerprint density at radius 3 is 2.94 bits per heavy atom. The number of hydrogen-bond acceptors (Lipinski definition) is 2. The molecule has 2 rings (SSSR count). The van der Waals surface area contributed by atoms with Crippen molar-refractivity contribution in [3.8, 4) is 0 Å². The van der Waals surface area contributed by atoms with Crippen molar-refractivity contribution < 1.29 is 8.78 Å². The zero-order valence-electron chi connectivity index (χ0n) is 9.22. The third kappa shape index (κ3) is 2.48. The largest absolute Gasteiger partial charge is 0.380 e. The molecule has 1 atom stereocenters. The van der Waals surface area contributed by atoms with E-state index in [1.807, 2.05) is 11.8 Å². The number of aryl methyl sites for hydroxylation is 1. The molecule has 0 saturated carbocycles. The van der Waals surface area contributed by atoms with Crippen molar-refractivity contribution in [1.29, 1.82) is 0 Å². The van der Waals surface area contributed by atoms with Crippen molar-refractivity contribution in [2.75, 3.05) is 23.4 Å². The first-order valence-electron chi connectivity index (χ1n) is 5.44.